The van der Waals surface area contributed by atoms with Gasteiger partial charge in [-0.1, -0.05) is 47.1 Å². The van der Waals surface area contributed by atoms with Crippen molar-refractivity contribution in [3.63, 3.8) is 0 Å². The highest BCUT2D eigenvalue weighted by atomic mass is 35.5. The van der Waals surface area contributed by atoms with E-state index in [1.54, 1.807) is 0 Å². The predicted octanol–water partition coefficient (Wildman–Crippen LogP) is 3.38. The van der Waals surface area contributed by atoms with E-state index in [-0.39, 0.29) is 29.5 Å². The van der Waals surface area contributed by atoms with E-state index in [1.807, 2.05) is 12.2 Å². The molecule has 176 valence electrons. The van der Waals surface area contributed by atoms with Gasteiger partial charge in [-0.2, -0.15) is 18.2 Å². The second kappa shape index (κ2) is 11.1. The Labute approximate surface area is 197 Å². The molecule has 7 nitrogen and oxygen atoms in total. The van der Waals surface area contributed by atoms with Crippen molar-refractivity contribution in [2.24, 2.45) is 5.92 Å². The third-order valence-electron chi connectivity index (χ3n) is 4.77. The zero-order valence-electron chi connectivity index (χ0n) is 16.7. The number of morpholine rings is 1. The lowest BCUT2D eigenvalue weighted by Crippen LogP contribution is -2.48. The van der Waals surface area contributed by atoms with Gasteiger partial charge in [0.05, 0.1) is 28.5 Å². The van der Waals surface area contributed by atoms with Crippen LogP contribution in [0.2, 0.25) is 0 Å². The molecule has 1 aromatic heterocycles. The summed E-state index contributed by atoms with van der Waals surface area (Å²) in [5.41, 5.74) is -1.27. The average Bonchev–Trinajstić information content (AvgIpc) is 2.73. The molecule has 32 heavy (non-hydrogen) atoms. The monoisotopic (exact) mass is 512 g/mol. The molecule has 13 heteroatoms. The lowest BCUT2D eigenvalue weighted by atomic mass is 9.99. The number of nitrogens with one attached hydrogen (secondary N) is 1. The Morgan fingerprint density at radius 3 is 2.84 bits per heavy atom. The smallest absolute Gasteiger partial charge is 0.433 e. The topological polar surface area (TPSA) is 87.6 Å². The first-order valence-corrected chi connectivity index (χ1v) is 11.5. The van der Waals surface area contributed by atoms with Crippen molar-refractivity contribution in [2.45, 2.75) is 23.9 Å². The minimum Gasteiger partial charge on any atom is -0.493 e. The third kappa shape index (κ3) is 7.51. The Morgan fingerprint density at radius 1 is 1.34 bits per heavy atom. The Morgan fingerprint density at radius 2 is 2.12 bits per heavy atom. The summed E-state index contributed by atoms with van der Waals surface area (Å²) in [6.07, 6.45) is -0.283. The van der Waals surface area contributed by atoms with Crippen LogP contribution in [-0.4, -0.2) is 70.5 Å². The highest BCUT2D eigenvalue weighted by Crippen LogP contribution is 2.31. The summed E-state index contributed by atoms with van der Waals surface area (Å²) in [6, 6.07) is 0.429. The fraction of sp³-hybridized carbons (Fsp3) is 0.526. The minimum atomic E-state index is -4.72. The Bertz CT molecular complexity index is 901. The normalized spacial score (nSPS) is 22.3. The number of hydrogen-bond acceptors (Lipinski definition) is 7. The molecule has 0 saturated carbocycles. The number of ether oxygens (including phenoxy) is 1. The third-order valence-corrected chi connectivity index (χ3v) is 6.40. The van der Waals surface area contributed by atoms with Crippen LogP contribution < -0.4 is 5.32 Å². The summed E-state index contributed by atoms with van der Waals surface area (Å²) in [5, 5.41) is 12.8. The number of aromatic nitrogens is 2. The number of carbonyl (C=O) groups excluding carboxylic acids is 1. The summed E-state index contributed by atoms with van der Waals surface area (Å²) in [7, 11) is 0. The Hall–Kier alpha value is -1.53. The van der Waals surface area contributed by atoms with Crippen molar-refractivity contribution in [2.75, 3.05) is 38.5 Å². The van der Waals surface area contributed by atoms with Crippen molar-refractivity contribution in [1.82, 2.24) is 20.2 Å². The first kappa shape index (κ1) is 25.1. The SMILES string of the molecule is O=C(CSc1nc(O)cc(C(F)(F)F)n1)NC[C@H]1CN(CC2C=C(Cl)C(Cl)=CC2)CCO1. The van der Waals surface area contributed by atoms with Crippen molar-refractivity contribution in [1.29, 1.82) is 0 Å². The van der Waals surface area contributed by atoms with Crippen LogP contribution in [0.4, 0.5) is 13.2 Å². The molecule has 2 heterocycles. The second-order valence-electron chi connectivity index (χ2n) is 7.30. The fourth-order valence-corrected chi connectivity index (χ4v) is 4.36. The summed E-state index contributed by atoms with van der Waals surface area (Å²) in [4.78, 5) is 21.2. The summed E-state index contributed by atoms with van der Waals surface area (Å²) in [6.45, 7) is 2.95. The molecule has 1 aliphatic carbocycles. The van der Waals surface area contributed by atoms with Gasteiger partial charge < -0.3 is 15.2 Å². The minimum absolute atomic E-state index is 0.199. The largest absolute Gasteiger partial charge is 0.493 e. The van der Waals surface area contributed by atoms with E-state index in [2.05, 4.69) is 20.2 Å². The molecule has 2 N–H and O–H groups in total. The van der Waals surface area contributed by atoms with Crippen LogP contribution in [0.15, 0.2) is 33.4 Å². The lowest BCUT2D eigenvalue weighted by molar-refractivity contribution is -0.141. The Kier molecular flexibility index (Phi) is 8.68. The maximum Gasteiger partial charge on any atom is 0.433 e. The first-order chi connectivity index (χ1) is 15.1. The van der Waals surface area contributed by atoms with E-state index in [9.17, 15) is 23.1 Å². The zero-order valence-corrected chi connectivity index (χ0v) is 19.1. The highest BCUT2D eigenvalue weighted by molar-refractivity contribution is 7.99. The van der Waals surface area contributed by atoms with Gasteiger partial charge in [0.25, 0.3) is 0 Å². The molecular formula is C19H21Cl2F3N4O3S. The molecule has 1 aromatic rings. The molecular weight excluding hydrogens is 492 g/mol. The van der Waals surface area contributed by atoms with Crippen LogP contribution in [-0.2, 0) is 15.7 Å². The van der Waals surface area contributed by atoms with E-state index in [0.29, 0.717) is 41.0 Å². The van der Waals surface area contributed by atoms with Gasteiger partial charge in [-0.25, -0.2) is 4.98 Å². The van der Waals surface area contributed by atoms with Gasteiger partial charge in [-0.3, -0.25) is 9.69 Å². The van der Waals surface area contributed by atoms with Gasteiger partial charge in [0.1, 0.15) is 0 Å². The standard InChI is InChI=1S/C19H21Cl2F3N4O3S/c20-13-2-1-11(5-14(13)21)8-28-3-4-31-12(9-28)7-25-17(30)10-32-18-26-15(19(22,23)24)6-16(29)27-18/h2,5-6,11-12H,1,3-4,7-10H2,(H,25,30)(H,26,27,29)/t11?,12-/m0/s1. The number of hydrogen-bond donors (Lipinski definition) is 2. The molecule has 0 spiro atoms. The average molecular weight is 513 g/mol. The lowest BCUT2D eigenvalue weighted by Gasteiger charge is -2.35. The van der Waals surface area contributed by atoms with Crippen LogP contribution in [0.1, 0.15) is 12.1 Å². The molecule has 2 aliphatic rings. The molecule has 1 aliphatic heterocycles. The second-order valence-corrected chi connectivity index (χ2v) is 9.06. The highest BCUT2D eigenvalue weighted by Gasteiger charge is 2.34. The van der Waals surface area contributed by atoms with Crippen molar-refractivity contribution in [3.05, 3.63) is 34.0 Å². The van der Waals surface area contributed by atoms with E-state index < -0.39 is 23.7 Å². The molecule has 1 fully saturated rings. The number of amides is 1. The van der Waals surface area contributed by atoms with Gasteiger partial charge in [-0.15, -0.1) is 0 Å². The maximum absolute atomic E-state index is 12.8. The molecule has 0 aromatic carbocycles. The van der Waals surface area contributed by atoms with Crippen LogP contribution >= 0.6 is 35.0 Å². The quantitative estimate of drug-likeness (QED) is 0.427. The van der Waals surface area contributed by atoms with Crippen LogP contribution in [0, 0.1) is 5.92 Å². The first-order valence-electron chi connectivity index (χ1n) is 9.72. The zero-order chi connectivity index (χ0) is 23.3. The molecule has 0 radical (unpaired) electrons. The molecule has 1 saturated heterocycles. The number of rotatable bonds is 7. The molecule has 1 amide bonds. The molecule has 1 unspecified atom stereocenters. The molecule has 3 rings (SSSR count). The maximum atomic E-state index is 12.8. The van der Waals surface area contributed by atoms with E-state index >= 15 is 0 Å². The predicted molar refractivity (Wildman–Crippen MR) is 115 cm³/mol. The van der Waals surface area contributed by atoms with Crippen molar-refractivity contribution >= 4 is 40.9 Å². The summed E-state index contributed by atoms with van der Waals surface area (Å²) < 4.78 is 44.0. The van der Waals surface area contributed by atoms with Gasteiger partial charge in [0, 0.05) is 32.2 Å². The van der Waals surface area contributed by atoms with E-state index in [1.165, 1.54) is 0 Å². The number of aromatic hydroxyl groups is 1. The number of alkyl halides is 3. The van der Waals surface area contributed by atoms with E-state index in [4.69, 9.17) is 27.9 Å². The van der Waals surface area contributed by atoms with Crippen molar-refractivity contribution in [3.8, 4) is 5.88 Å². The number of carbonyl (C=O) groups is 1. The molecule has 0 bridgehead atoms. The molecule has 2 atom stereocenters. The fourth-order valence-electron chi connectivity index (χ4n) is 3.27. The van der Waals surface area contributed by atoms with Crippen molar-refractivity contribution < 1.29 is 27.8 Å². The van der Waals surface area contributed by atoms with Crippen LogP contribution in [0.5, 0.6) is 5.88 Å². The van der Waals surface area contributed by atoms with E-state index in [0.717, 1.165) is 19.5 Å². The number of thioether (sulfide) groups is 1. The van der Waals surface area contributed by atoms with Gasteiger partial charge >= 0.3 is 6.18 Å². The van der Waals surface area contributed by atoms with Crippen LogP contribution in [0.25, 0.3) is 0 Å². The Balaban J connectivity index is 1.42. The number of nitrogens with zero attached hydrogens (tertiary/aromatic N) is 3. The van der Waals surface area contributed by atoms with Crippen LogP contribution in [0.3, 0.4) is 0 Å². The summed E-state index contributed by atoms with van der Waals surface area (Å²) >= 11 is 12.8. The number of allylic oxidation sites excluding steroid dienone is 3. The van der Waals surface area contributed by atoms with Gasteiger partial charge in [0.2, 0.25) is 11.8 Å². The number of halogens is 5. The summed E-state index contributed by atoms with van der Waals surface area (Å²) in [5.74, 6) is -1.16. The van der Waals surface area contributed by atoms with Gasteiger partial charge in [-0.05, 0) is 12.3 Å². The van der Waals surface area contributed by atoms with Gasteiger partial charge in [0.15, 0.2) is 10.9 Å².